The molecule has 2 aromatic heterocycles. The summed E-state index contributed by atoms with van der Waals surface area (Å²) in [7, 11) is 5.52. The molecular weight excluding hydrogens is 379 g/mol. The Morgan fingerprint density at radius 3 is 2.50 bits per heavy atom. The summed E-state index contributed by atoms with van der Waals surface area (Å²) in [5, 5.41) is 2.78. The zero-order chi connectivity index (χ0) is 21.5. The van der Waals surface area contributed by atoms with Gasteiger partial charge in [-0.15, -0.1) is 0 Å². The number of imidazole rings is 1. The molecule has 9 heteroatoms. The third-order valence-electron chi connectivity index (χ3n) is 5.46. The van der Waals surface area contributed by atoms with E-state index in [-0.39, 0.29) is 17.7 Å². The van der Waals surface area contributed by atoms with E-state index < -0.39 is 5.21 Å². The largest absolute Gasteiger partial charge is 0.331 e. The van der Waals surface area contributed by atoms with Crippen molar-refractivity contribution in [1.29, 1.82) is 0 Å². The topological polar surface area (TPSA) is 72.7 Å². The number of aryl methyl sites for hydroxylation is 1. The van der Waals surface area contributed by atoms with Gasteiger partial charge in [0, 0.05) is 29.4 Å². The van der Waals surface area contributed by atoms with Crippen LogP contribution in [-0.2, 0) is 17.1 Å². The molecule has 2 aromatic carbocycles. The van der Waals surface area contributed by atoms with Gasteiger partial charge in [0.25, 0.3) is 0 Å². The maximum Gasteiger partial charge on any atom is 0.229 e. The molecule has 0 aliphatic heterocycles. The van der Waals surface area contributed by atoms with Gasteiger partial charge in [0.1, 0.15) is 27.3 Å². The average Bonchev–Trinajstić information content (AvgIpc) is 3.06. The number of hydrogen-bond donors (Lipinski definition) is 1. The molecule has 0 atom stereocenters. The Labute approximate surface area is 175 Å². The molecular formula is C21H20B2FN5O. The van der Waals surface area contributed by atoms with Crippen molar-refractivity contribution in [2.24, 2.45) is 7.05 Å². The summed E-state index contributed by atoms with van der Waals surface area (Å²) < 4.78 is 15.2. The standard InChI is InChI=1S/C21H20B2FN5O/c1-12-25-11-18(29(12)2)13-3-4-14-10-26-20(27-17(14)9-13)28-19(30)21(22,23)15-5-7-16(24)8-6-15/h3-11H,22-23H2,1-2H3,(H,26,27,28,30). The molecule has 2 heterocycles. The Morgan fingerprint density at radius 2 is 1.83 bits per heavy atom. The Bertz CT molecular complexity index is 1250. The number of amides is 1. The van der Waals surface area contributed by atoms with E-state index in [9.17, 15) is 9.18 Å². The number of carbonyl (C=O) groups excluding carboxylic acids is 1. The maximum atomic E-state index is 13.2. The van der Waals surface area contributed by atoms with Crippen LogP contribution < -0.4 is 5.32 Å². The smallest absolute Gasteiger partial charge is 0.229 e. The van der Waals surface area contributed by atoms with E-state index in [0.29, 0.717) is 5.56 Å². The third kappa shape index (κ3) is 3.58. The lowest BCUT2D eigenvalue weighted by Crippen LogP contribution is -2.41. The molecule has 0 aliphatic rings. The van der Waals surface area contributed by atoms with Crippen LogP contribution in [0.15, 0.2) is 54.9 Å². The number of carbonyl (C=O) groups is 1. The summed E-state index contributed by atoms with van der Waals surface area (Å²) in [4.78, 5) is 26.0. The van der Waals surface area contributed by atoms with E-state index in [1.54, 1.807) is 34.0 Å². The molecule has 1 N–H and O–H groups in total. The van der Waals surface area contributed by atoms with Crippen LogP contribution >= 0.6 is 0 Å². The number of rotatable bonds is 4. The molecule has 148 valence electrons. The van der Waals surface area contributed by atoms with Crippen LogP contribution in [0.25, 0.3) is 22.2 Å². The van der Waals surface area contributed by atoms with Crippen LogP contribution in [-0.4, -0.2) is 41.1 Å². The molecule has 0 bridgehead atoms. The summed E-state index contributed by atoms with van der Waals surface area (Å²) in [6, 6.07) is 11.8. The zero-order valence-electron chi connectivity index (χ0n) is 17.3. The maximum absolute atomic E-state index is 13.2. The van der Waals surface area contributed by atoms with Gasteiger partial charge >= 0.3 is 0 Å². The van der Waals surface area contributed by atoms with Gasteiger partial charge in [-0.3, -0.25) is 10.1 Å². The fourth-order valence-electron chi connectivity index (χ4n) is 3.27. The molecule has 4 aromatic rings. The highest BCUT2D eigenvalue weighted by Crippen LogP contribution is 2.25. The summed E-state index contributed by atoms with van der Waals surface area (Å²) in [6.07, 6.45) is 3.51. The Morgan fingerprint density at radius 1 is 1.10 bits per heavy atom. The Kier molecular flexibility index (Phi) is 4.89. The highest BCUT2D eigenvalue weighted by atomic mass is 19.1. The quantitative estimate of drug-likeness (QED) is 0.529. The second-order valence-corrected chi connectivity index (χ2v) is 7.80. The highest BCUT2D eigenvalue weighted by Gasteiger charge is 2.30. The SMILES string of the molecule is BC(B)(C(=O)Nc1ncc2ccc(-c3cnc(C)n3C)cc2n1)c1ccc(F)cc1. The second-order valence-electron chi connectivity index (χ2n) is 7.80. The van der Waals surface area contributed by atoms with Crippen LogP contribution in [0, 0.1) is 12.7 Å². The van der Waals surface area contributed by atoms with Crippen molar-refractivity contribution >= 4 is 38.5 Å². The van der Waals surface area contributed by atoms with Gasteiger partial charge in [-0.25, -0.2) is 19.3 Å². The Hall–Kier alpha value is -3.48. The van der Waals surface area contributed by atoms with Crippen molar-refractivity contribution in [2.45, 2.75) is 12.1 Å². The Balaban J connectivity index is 1.63. The summed E-state index contributed by atoms with van der Waals surface area (Å²) in [5.74, 6) is 0.531. The van der Waals surface area contributed by atoms with Crippen LogP contribution in [0.5, 0.6) is 0 Å². The van der Waals surface area contributed by atoms with Crippen LogP contribution in [0.2, 0.25) is 0 Å². The number of fused-ring (bicyclic) bond motifs is 1. The van der Waals surface area contributed by atoms with Gasteiger partial charge in [-0.1, -0.05) is 24.3 Å². The third-order valence-corrected chi connectivity index (χ3v) is 5.46. The molecule has 0 unspecified atom stereocenters. The van der Waals surface area contributed by atoms with Crippen molar-refractivity contribution in [1.82, 2.24) is 19.5 Å². The van der Waals surface area contributed by atoms with Crippen molar-refractivity contribution in [2.75, 3.05) is 5.32 Å². The predicted octanol–water partition coefficient (Wildman–Crippen LogP) is 1.54. The lowest BCUT2D eigenvalue weighted by molar-refractivity contribution is -0.117. The van der Waals surface area contributed by atoms with Crippen molar-refractivity contribution in [3.05, 3.63) is 72.1 Å². The normalized spacial score (nSPS) is 11.6. The van der Waals surface area contributed by atoms with Gasteiger partial charge in [0.15, 0.2) is 0 Å². The first-order valence-electron chi connectivity index (χ1n) is 9.59. The first-order valence-corrected chi connectivity index (χ1v) is 9.59. The van der Waals surface area contributed by atoms with E-state index in [2.05, 4.69) is 20.3 Å². The predicted molar refractivity (Wildman–Crippen MR) is 120 cm³/mol. The molecule has 0 radical (unpaired) electrons. The van der Waals surface area contributed by atoms with Gasteiger partial charge in [-0.05, 0) is 30.7 Å². The molecule has 0 fully saturated rings. The van der Waals surface area contributed by atoms with E-state index in [1.165, 1.54) is 12.1 Å². The minimum absolute atomic E-state index is 0.223. The monoisotopic (exact) mass is 399 g/mol. The van der Waals surface area contributed by atoms with Crippen molar-refractivity contribution in [3.8, 4) is 11.3 Å². The lowest BCUT2D eigenvalue weighted by atomic mass is 9.50. The first kappa shape index (κ1) is 19.8. The minimum Gasteiger partial charge on any atom is -0.331 e. The van der Waals surface area contributed by atoms with Gasteiger partial charge < -0.3 is 4.57 Å². The van der Waals surface area contributed by atoms with Gasteiger partial charge in [0.2, 0.25) is 11.9 Å². The number of nitrogens with one attached hydrogen (secondary N) is 1. The number of aromatic nitrogens is 4. The average molecular weight is 399 g/mol. The number of halogens is 1. The molecule has 4 rings (SSSR count). The highest BCUT2D eigenvalue weighted by molar-refractivity contribution is 6.52. The summed E-state index contributed by atoms with van der Waals surface area (Å²) in [5.41, 5.74) is 3.39. The minimum atomic E-state index is -0.875. The van der Waals surface area contributed by atoms with E-state index in [0.717, 1.165) is 28.0 Å². The number of hydrogen-bond acceptors (Lipinski definition) is 4. The fraction of sp³-hybridized carbons (Fsp3) is 0.143. The molecule has 0 saturated carbocycles. The van der Waals surface area contributed by atoms with E-state index in [4.69, 9.17) is 0 Å². The van der Waals surface area contributed by atoms with Crippen LogP contribution in [0.1, 0.15) is 11.4 Å². The number of anilines is 1. The van der Waals surface area contributed by atoms with E-state index in [1.807, 2.05) is 42.9 Å². The molecule has 0 aliphatic carbocycles. The zero-order valence-corrected chi connectivity index (χ0v) is 17.3. The molecule has 1 amide bonds. The van der Waals surface area contributed by atoms with Crippen LogP contribution in [0.3, 0.4) is 0 Å². The van der Waals surface area contributed by atoms with E-state index >= 15 is 0 Å². The number of nitrogens with zero attached hydrogens (tertiary/aromatic N) is 4. The van der Waals surface area contributed by atoms with Gasteiger partial charge in [0.05, 0.1) is 17.4 Å². The van der Waals surface area contributed by atoms with Gasteiger partial charge in [-0.2, -0.15) is 0 Å². The fourth-order valence-corrected chi connectivity index (χ4v) is 3.27. The second kappa shape index (κ2) is 7.40. The lowest BCUT2D eigenvalue weighted by Gasteiger charge is -2.23. The molecule has 6 nitrogen and oxygen atoms in total. The van der Waals surface area contributed by atoms with Crippen LogP contribution in [0.4, 0.5) is 10.3 Å². The first-order chi connectivity index (χ1) is 14.3. The van der Waals surface area contributed by atoms with Crippen molar-refractivity contribution in [3.63, 3.8) is 0 Å². The molecule has 30 heavy (non-hydrogen) atoms. The molecule has 0 spiro atoms. The number of benzene rings is 2. The molecule has 0 saturated heterocycles. The summed E-state index contributed by atoms with van der Waals surface area (Å²) in [6.45, 7) is 1.95. The summed E-state index contributed by atoms with van der Waals surface area (Å²) >= 11 is 0. The van der Waals surface area contributed by atoms with Crippen molar-refractivity contribution < 1.29 is 9.18 Å².